The van der Waals surface area contributed by atoms with Crippen molar-refractivity contribution in [3.05, 3.63) is 42.6 Å². The molecule has 4 rings (SSSR count). The van der Waals surface area contributed by atoms with Crippen LogP contribution < -0.4 is 4.90 Å². The van der Waals surface area contributed by atoms with Crippen molar-refractivity contribution in [2.45, 2.75) is 6.92 Å². The van der Waals surface area contributed by atoms with E-state index >= 15 is 0 Å². The van der Waals surface area contributed by atoms with Crippen molar-refractivity contribution in [2.24, 2.45) is 0 Å². The van der Waals surface area contributed by atoms with Crippen LogP contribution in [0, 0.1) is 0 Å². The van der Waals surface area contributed by atoms with E-state index in [9.17, 15) is 4.79 Å². The largest absolute Gasteiger partial charge is 0.368 e. The Balaban J connectivity index is 1.59. The SMILES string of the molecule is CC(=O)N1CCN(c2ccc3nc(-c4ccccn4)[nH]c3c2)CC1. The van der Waals surface area contributed by atoms with Gasteiger partial charge in [-0.25, -0.2) is 4.98 Å². The Morgan fingerprint density at radius 2 is 1.96 bits per heavy atom. The zero-order chi connectivity index (χ0) is 16.5. The molecule has 1 amide bonds. The highest BCUT2D eigenvalue weighted by Crippen LogP contribution is 2.24. The molecule has 6 heteroatoms. The number of carbonyl (C=O) groups excluding carboxylic acids is 1. The van der Waals surface area contributed by atoms with Crippen LogP contribution in [0.3, 0.4) is 0 Å². The first-order valence-electron chi connectivity index (χ1n) is 8.12. The van der Waals surface area contributed by atoms with Gasteiger partial charge in [0.25, 0.3) is 0 Å². The van der Waals surface area contributed by atoms with Gasteiger partial charge in [0.1, 0.15) is 5.69 Å². The number of carbonyl (C=O) groups is 1. The van der Waals surface area contributed by atoms with E-state index in [2.05, 4.69) is 32.0 Å². The van der Waals surface area contributed by atoms with E-state index in [0.29, 0.717) is 0 Å². The van der Waals surface area contributed by atoms with Crippen LogP contribution in [0.2, 0.25) is 0 Å². The van der Waals surface area contributed by atoms with Crippen LogP contribution in [0.1, 0.15) is 6.92 Å². The molecule has 3 heterocycles. The number of H-pyrrole nitrogens is 1. The lowest BCUT2D eigenvalue weighted by molar-refractivity contribution is -0.129. The molecule has 24 heavy (non-hydrogen) atoms. The van der Waals surface area contributed by atoms with Gasteiger partial charge in [0.15, 0.2) is 5.82 Å². The Kier molecular flexibility index (Phi) is 3.65. The summed E-state index contributed by atoms with van der Waals surface area (Å²) in [6.07, 6.45) is 1.77. The van der Waals surface area contributed by atoms with Crippen molar-refractivity contribution in [3.8, 4) is 11.5 Å². The summed E-state index contributed by atoms with van der Waals surface area (Å²) < 4.78 is 0. The minimum Gasteiger partial charge on any atom is -0.368 e. The fourth-order valence-corrected chi connectivity index (χ4v) is 3.10. The molecule has 0 saturated carbocycles. The summed E-state index contributed by atoms with van der Waals surface area (Å²) in [4.78, 5) is 27.9. The van der Waals surface area contributed by atoms with E-state index in [-0.39, 0.29) is 5.91 Å². The van der Waals surface area contributed by atoms with Gasteiger partial charge < -0.3 is 14.8 Å². The number of rotatable bonds is 2. The van der Waals surface area contributed by atoms with Crippen LogP contribution in [0.15, 0.2) is 42.6 Å². The third-order valence-electron chi connectivity index (χ3n) is 4.46. The van der Waals surface area contributed by atoms with Crippen LogP contribution in [-0.4, -0.2) is 51.9 Å². The monoisotopic (exact) mass is 321 g/mol. The summed E-state index contributed by atoms with van der Waals surface area (Å²) in [5.41, 5.74) is 3.93. The number of hydrogen-bond acceptors (Lipinski definition) is 4. The number of nitrogens with one attached hydrogen (secondary N) is 1. The molecule has 0 bridgehead atoms. The van der Waals surface area contributed by atoms with Crippen molar-refractivity contribution >= 4 is 22.6 Å². The van der Waals surface area contributed by atoms with Gasteiger partial charge in [-0.15, -0.1) is 0 Å². The zero-order valence-electron chi connectivity index (χ0n) is 13.6. The van der Waals surface area contributed by atoms with E-state index in [1.807, 2.05) is 29.2 Å². The smallest absolute Gasteiger partial charge is 0.219 e. The summed E-state index contributed by atoms with van der Waals surface area (Å²) in [5.74, 6) is 0.933. The number of piperazine rings is 1. The number of hydrogen-bond donors (Lipinski definition) is 1. The van der Waals surface area contributed by atoms with Crippen LogP contribution in [0.5, 0.6) is 0 Å². The van der Waals surface area contributed by atoms with Gasteiger partial charge in [0.05, 0.1) is 11.0 Å². The van der Waals surface area contributed by atoms with Crippen molar-refractivity contribution in [2.75, 3.05) is 31.1 Å². The van der Waals surface area contributed by atoms with Crippen LogP contribution in [0.4, 0.5) is 5.69 Å². The lowest BCUT2D eigenvalue weighted by Crippen LogP contribution is -2.48. The van der Waals surface area contributed by atoms with Crippen LogP contribution >= 0.6 is 0 Å². The topological polar surface area (TPSA) is 65.1 Å². The third kappa shape index (κ3) is 2.71. The van der Waals surface area contributed by atoms with E-state index < -0.39 is 0 Å². The van der Waals surface area contributed by atoms with Gasteiger partial charge in [-0.3, -0.25) is 9.78 Å². The van der Waals surface area contributed by atoms with Gasteiger partial charge in [0, 0.05) is 45.0 Å². The number of nitrogens with zero attached hydrogens (tertiary/aromatic N) is 4. The zero-order valence-corrected chi connectivity index (χ0v) is 13.6. The van der Waals surface area contributed by atoms with E-state index in [1.54, 1.807) is 13.1 Å². The van der Waals surface area contributed by atoms with Gasteiger partial charge in [-0.05, 0) is 30.3 Å². The van der Waals surface area contributed by atoms with Crippen molar-refractivity contribution in [3.63, 3.8) is 0 Å². The van der Waals surface area contributed by atoms with Crippen molar-refractivity contribution < 1.29 is 4.79 Å². The molecule has 122 valence electrons. The standard InChI is InChI=1S/C18H19N5O/c1-13(24)22-8-10-23(11-9-22)14-5-6-15-17(12-14)21-18(20-15)16-4-2-3-7-19-16/h2-7,12H,8-11H2,1H3,(H,20,21). The van der Waals surface area contributed by atoms with Gasteiger partial charge in [-0.2, -0.15) is 0 Å². The highest BCUT2D eigenvalue weighted by Gasteiger charge is 2.19. The number of benzene rings is 1. The summed E-state index contributed by atoms with van der Waals surface area (Å²) >= 11 is 0. The molecule has 0 aliphatic carbocycles. The first kappa shape index (κ1) is 14.7. The maximum absolute atomic E-state index is 11.4. The maximum Gasteiger partial charge on any atom is 0.219 e. The lowest BCUT2D eigenvalue weighted by Gasteiger charge is -2.35. The number of anilines is 1. The van der Waals surface area contributed by atoms with Gasteiger partial charge >= 0.3 is 0 Å². The first-order valence-corrected chi connectivity index (χ1v) is 8.12. The summed E-state index contributed by atoms with van der Waals surface area (Å²) in [6, 6.07) is 12.0. The quantitative estimate of drug-likeness (QED) is 0.786. The summed E-state index contributed by atoms with van der Waals surface area (Å²) in [7, 11) is 0. The Morgan fingerprint density at radius 1 is 1.12 bits per heavy atom. The number of aromatic nitrogens is 3. The molecule has 1 aliphatic rings. The average Bonchev–Trinajstić information content (AvgIpc) is 3.06. The normalized spacial score (nSPS) is 15.0. The van der Waals surface area contributed by atoms with Crippen molar-refractivity contribution in [1.29, 1.82) is 0 Å². The Hall–Kier alpha value is -2.89. The second kappa shape index (κ2) is 5.96. The molecule has 0 spiro atoms. The Bertz CT molecular complexity index is 866. The fourth-order valence-electron chi connectivity index (χ4n) is 3.10. The third-order valence-corrected chi connectivity index (χ3v) is 4.46. The van der Waals surface area contributed by atoms with E-state index in [4.69, 9.17) is 0 Å². The Labute approximate surface area is 140 Å². The highest BCUT2D eigenvalue weighted by molar-refractivity contribution is 5.82. The molecule has 1 aromatic carbocycles. The molecule has 0 atom stereocenters. The molecule has 1 saturated heterocycles. The highest BCUT2D eigenvalue weighted by atomic mass is 16.2. The molecule has 1 fully saturated rings. The summed E-state index contributed by atoms with van der Waals surface area (Å²) in [5, 5.41) is 0. The number of pyridine rings is 1. The lowest BCUT2D eigenvalue weighted by atomic mass is 10.2. The van der Waals surface area contributed by atoms with Gasteiger partial charge in [0.2, 0.25) is 5.91 Å². The van der Waals surface area contributed by atoms with Crippen molar-refractivity contribution in [1.82, 2.24) is 19.9 Å². The second-order valence-electron chi connectivity index (χ2n) is 5.99. The minimum absolute atomic E-state index is 0.152. The summed E-state index contributed by atoms with van der Waals surface area (Å²) in [6.45, 7) is 4.88. The number of aromatic amines is 1. The number of fused-ring (bicyclic) bond motifs is 1. The second-order valence-corrected chi connectivity index (χ2v) is 5.99. The molecule has 6 nitrogen and oxygen atoms in total. The van der Waals surface area contributed by atoms with Gasteiger partial charge in [-0.1, -0.05) is 6.07 Å². The molecular weight excluding hydrogens is 302 g/mol. The molecule has 0 radical (unpaired) electrons. The number of amides is 1. The Morgan fingerprint density at radius 3 is 2.67 bits per heavy atom. The maximum atomic E-state index is 11.4. The van der Waals surface area contributed by atoms with E-state index in [0.717, 1.165) is 54.4 Å². The molecule has 0 unspecified atom stereocenters. The molecule has 1 N–H and O–H groups in total. The number of imidazole rings is 1. The molecule has 3 aromatic rings. The molecule has 1 aliphatic heterocycles. The van der Waals surface area contributed by atoms with Crippen LogP contribution in [0.25, 0.3) is 22.6 Å². The first-order chi connectivity index (χ1) is 11.7. The molecule has 2 aromatic heterocycles. The van der Waals surface area contributed by atoms with E-state index in [1.165, 1.54) is 0 Å². The predicted molar refractivity (Wildman–Crippen MR) is 93.8 cm³/mol. The molecular formula is C18H19N5O. The predicted octanol–water partition coefficient (Wildman–Crippen LogP) is 2.29. The average molecular weight is 321 g/mol. The fraction of sp³-hybridized carbons (Fsp3) is 0.278. The van der Waals surface area contributed by atoms with Crippen LogP contribution in [-0.2, 0) is 4.79 Å². The minimum atomic E-state index is 0.152.